The van der Waals surface area contributed by atoms with Crippen LogP contribution < -0.4 is 14.8 Å². The van der Waals surface area contributed by atoms with Gasteiger partial charge in [-0.25, -0.2) is 13.1 Å². The van der Waals surface area contributed by atoms with Crippen molar-refractivity contribution in [1.29, 1.82) is 0 Å². The van der Waals surface area contributed by atoms with Gasteiger partial charge in [0.25, 0.3) is 0 Å². The molecule has 156 valence electrons. The molecule has 6 nitrogen and oxygen atoms in total. The van der Waals surface area contributed by atoms with Gasteiger partial charge in [-0.05, 0) is 56.9 Å². The van der Waals surface area contributed by atoms with E-state index in [0.717, 1.165) is 16.0 Å². The van der Waals surface area contributed by atoms with Crippen molar-refractivity contribution in [3.63, 3.8) is 0 Å². The Morgan fingerprint density at radius 3 is 2.59 bits per heavy atom. The third-order valence-corrected chi connectivity index (χ3v) is 6.98. The minimum absolute atomic E-state index is 0.108. The van der Waals surface area contributed by atoms with E-state index in [9.17, 15) is 13.2 Å². The number of anilines is 1. The van der Waals surface area contributed by atoms with Crippen LogP contribution >= 0.6 is 11.8 Å². The summed E-state index contributed by atoms with van der Waals surface area (Å²) in [6.07, 6.45) is 2.37. The summed E-state index contributed by atoms with van der Waals surface area (Å²) in [6, 6.07) is 10.1. The average molecular weight is 435 g/mol. The number of fused-ring (bicyclic) bond motifs is 1. The molecule has 0 saturated heterocycles. The highest BCUT2D eigenvalue weighted by Gasteiger charge is 2.36. The molecule has 0 aliphatic carbocycles. The maximum absolute atomic E-state index is 13.2. The quantitative estimate of drug-likeness (QED) is 0.687. The van der Waals surface area contributed by atoms with Gasteiger partial charge in [0.05, 0.1) is 16.6 Å². The standard InChI is InChI=1S/C21H26N2O4S2/c1-13-6-8-16-18(12-21(3,4)27-19(16)10-13)23-29(25,26)15-7-9-20(28-5)17(11-15)22-14(2)24/h6-11,18,23H,12H2,1-5H3,(H,22,24)/t18-/m1/s1. The van der Waals surface area contributed by atoms with Crippen molar-refractivity contribution < 1.29 is 17.9 Å². The Labute approximate surface area is 176 Å². The second kappa shape index (κ2) is 8.01. The molecule has 1 aliphatic heterocycles. The average Bonchev–Trinajstić information content (AvgIpc) is 2.59. The van der Waals surface area contributed by atoms with Crippen LogP contribution in [0.1, 0.15) is 44.4 Å². The van der Waals surface area contributed by atoms with Crippen LogP contribution in [0.4, 0.5) is 5.69 Å². The van der Waals surface area contributed by atoms with E-state index in [1.807, 2.05) is 45.2 Å². The molecule has 0 bridgehead atoms. The zero-order valence-electron chi connectivity index (χ0n) is 17.2. The first kappa shape index (κ1) is 21.7. The monoisotopic (exact) mass is 434 g/mol. The normalized spacial score (nSPS) is 17.9. The number of carbonyl (C=O) groups is 1. The number of carbonyl (C=O) groups excluding carboxylic acids is 1. The first-order chi connectivity index (χ1) is 13.5. The first-order valence-electron chi connectivity index (χ1n) is 9.28. The summed E-state index contributed by atoms with van der Waals surface area (Å²) in [5.41, 5.74) is 1.85. The van der Waals surface area contributed by atoms with Crippen molar-refractivity contribution >= 4 is 33.4 Å². The van der Waals surface area contributed by atoms with E-state index >= 15 is 0 Å². The van der Waals surface area contributed by atoms with Gasteiger partial charge in [0.2, 0.25) is 15.9 Å². The smallest absolute Gasteiger partial charge is 0.241 e. The molecule has 2 aromatic rings. The van der Waals surface area contributed by atoms with Gasteiger partial charge in [0, 0.05) is 23.8 Å². The van der Waals surface area contributed by atoms with Gasteiger partial charge in [-0.1, -0.05) is 12.1 Å². The summed E-state index contributed by atoms with van der Waals surface area (Å²) in [6.45, 7) is 7.26. The lowest BCUT2D eigenvalue weighted by atomic mass is 9.90. The molecule has 1 amide bonds. The number of aryl methyl sites for hydroxylation is 1. The first-order valence-corrected chi connectivity index (χ1v) is 12.0. The minimum Gasteiger partial charge on any atom is -0.487 e. The largest absolute Gasteiger partial charge is 0.487 e. The number of benzene rings is 2. The van der Waals surface area contributed by atoms with E-state index in [1.165, 1.54) is 24.8 Å². The van der Waals surface area contributed by atoms with Gasteiger partial charge in [0.15, 0.2) is 0 Å². The Morgan fingerprint density at radius 2 is 1.93 bits per heavy atom. The fourth-order valence-electron chi connectivity index (χ4n) is 3.46. The molecule has 1 aliphatic rings. The number of nitrogens with one attached hydrogen (secondary N) is 2. The van der Waals surface area contributed by atoms with Gasteiger partial charge >= 0.3 is 0 Å². The van der Waals surface area contributed by atoms with Crippen molar-refractivity contribution in [3.05, 3.63) is 47.5 Å². The molecule has 0 spiro atoms. The number of sulfonamides is 1. The van der Waals surface area contributed by atoms with E-state index in [0.29, 0.717) is 17.9 Å². The fraction of sp³-hybridized carbons (Fsp3) is 0.381. The van der Waals surface area contributed by atoms with Crippen LogP contribution in [0.3, 0.4) is 0 Å². The van der Waals surface area contributed by atoms with Crippen molar-refractivity contribution in [2.75, 3.05) is 11.6 Å². The van der Waals surface area contributed by atoms with Crippen LogP contribution in [0.15, 0.2) is 46.2 Å². The Morgan fingerprint density at radius 1 is 1.21 bits per heavy atom. The number of amides is 1. The lowest BCUT2D eigenvalue weighted by Gasteiger charge is -2.38. The molecule has 0 saturated carbocycles. The van der Waals surface area contributed by atoms with Crippen molar-refractivity contribution in [2.45, 2.75) is 55.5 Å². The van der Waals surface area contributed by atoms with E-state index in [-0.39, 0.29) is 10.8 Å². The van der Waals surface area contributed by atoms with Crippen molar-refractivity contribution in [3.8, 4) is 5.75 Å². The summed E-state index contributed by atoms with van der Waals surface area (Å²) in [5.74, 6) is 0.448. The van der Waals surface area contributed by atoms with Gasteiger partial charge in [-0.2, -0.15) is 0 Å². The summed E-state index contributed by atoms with van der Waals surface area (Å²) < 4.78 is 35.2. The number of thioether (sulfide) groups is 1. The zero-order chi connectivity index (χ0) is 21.4. The third-order valence-electron chi connectivity index (χ3n) is 4.72. The highest BCUT2D eigenvalue weighted by molar-refractivity contribution is 7.98. The third kappa shape index (κ3) is 4.94. The molecule has 1 heterocycles. The van der Waals surface area contributed by atoms with Gasteiger partial charge in [0.1, 0.15) is 11.4 Å². The van der Waals surface area contributed by atoms with E-state index < -0.39 is 21.7 Å². The molecule has 0 radical (unpaired) electrons. The molecular weight excluding hydrogens is 408 g/mol. The zero-order valence-corrected chi connectivity index (χ0v) is 18.8. The maximum atomic E-state index is 13.2. The number of hydrogen-bond acceptors (Lipinski definition) is 5. The fourth-order valence-corrected chi connectivity index (χ4v) is 5.24. The Balaban J connectivity index is 1.96. The van der Waals surface area contributed by atoms with Gasteiger partial charge in [-0.15, -0.1) is 11.8 Å². The topological polar surface area (TPSA) is 84.5 Å². The molecule has 2 aromatic carbocycles. The SMILES string of the molecule is CSc1ccc(S(=O)(=O)N[C@@H]2CC(C)(C)Oc3cc(C)ccc32)cc1NC(C)=O. The molecule has 0 unspecified atom stereocenters. The second-order valence-electron chi connectivity index (χ2n) is 7.82. The number of hydrogen-bond donors (Lipinski definition) is 2. The number of rotatable bonds is 5. The van der Waals surface area contributed by atoms with E-state index in [4.69, 9.17) is 4.74 Å². The molecule has 0 aromatic heterocycles. The highest BCUT2D eigenvalue weighted by Crippen LogP contribution is 2.40. The predicted octanol–water partition coefficient (Wildman–Crippen LogP) is 4.26. The molecule has 1 atom stereocenters. The van der Waals surface area contributed by atoms with Crippen LogP contribution in [0.25, 0.3) is 0 Å². The number of ether oxygens (including phenoxy) is 1. The molecule has 2 N–H and O–H groups in total. The van der Waals surface area contributed by atoms with Crippen molar-refractivity contribution in [2.24, 2.45) is 0 Å². The minimum atomic E-state index is -3.81. The van der Waals surface area contributed by atoms with Crippen LogP contribution in [-0.4, -0.2) is 26.2 Å². The summed E-state index contributed by atoms with van der Waals surface area (Å²) in [4.78, 5) is 12.4. The van der Waals surface area contributed by atoms with Crippen LogP contribution in [0.2, 0.25) is 0 Å². The maximum Gasteiger partial charge on any atom is 0.241 e. The van der Waals surface area contributed by atoms with E-state index in [2.05, 4.69) is 10.0 Å². The molecular formula is C21H26N2O4S2. The van der Waals surface area contributed by atoms with E-state index in [1.54, 1.807) is 12.1 Å². The van der Waals surface area contributed by atoms with Crippen LogP contribution in [0.5, 0.6) is 5.75 Å². The summed E-state index contributed by atoms with van der Waals surface area (Å²) >= 11 is 1.44. The second-order valence-corrected chi connectivity index (χ2v) is 10.4. The van der Waals surface area contributed by atoms with Crippen LogP contribution in [-0.2, 0) is 14.8 Å². The van der Waals surface area contributed by atoms with Gasteiger partial charge in [-0.3, -0.25) is 4.79 Å². The highest BCUT2D eigenvalue weighted by atomic mass is 32.2. The van der Waals surface area contributed by atoms with Crippen molar-refractivity contribution in [1.82, 2.24) is 4.72 Å². The van der Waals surface area contributed by atoms with Gasteiger partial charge < -0.3 is 10.1 Å². The lowest BCUT2D eigenvalue weighted by molar-refractivity contribution is -0.114. The molecule has 3 rings (SSSR count). The summed E-state index contributed by atoms with van der Waals surface area (Å²) in [5, 5.41) is 2.70. The molecule has 29 heavy (non-hydrogen) atoms. The molecule has 8 heteroatoms. The predicted molar refractivity (Wildman–Crippen MR) is 116 cm³/mol. The summed E-state index contributed by atoms with van der Waals surface area (Å²) in [7, 11) is -3.81. The molecule has 0 fully saturated rings. The Hall–Kier alpha value is -2.03. The Bertz CT molecular complexity index is 1050. The lowest BCUT2D eigenvalue weighted by Crippen LogP contribution is -2.41. The Kier molecular flexibility index (Phi) is 5.98. The van der Waals surface area contributed by atoms with Crippen LogP contribution in [0, 0.1) is 6.92 Å².